The molecule has 1 aromatic carbocycles. The van der Waals surface area contributed by atoms with E-state index in [0.717, 1.165) is 24.2 Å². The van der Waals surface area contributed by atoms with Crippen molar-refractivity contribution in [1.29, 1.82) is 0 Å². The van der Waals surface area contributed by atoms with Crippen LogP contribution in [-0.2, 0) is 4.79 Å². The Morgan fingerprint density at radius 1 is 1.07 bits per heavy atom. The molecule has 0 radical (unpaired) electrons. The van der Waals surface area contributed by atoms with Gasteiger partial charge < -0.3 is 15.1 Å². The molecule has 6 heteroatoms. The Morgan fingerprint density at radius 2 is 1.86 bits per heavy atom. The number of benzene rings is 1. The molecule has 2 aliphatic rings. The Labute approximate surface area is 165 Å². The van der Waals surface area contributed by atoms with E-state index in [-0.39, 0.29) is 23.8 Å². The summed E-state index contributed by atoms with van der Waals surface area (Å²) in [6, 6.07) is 14.1. The monoisotopic (exact) mass is 378 g/mol. The van der Waals surface area contributed by atoms with Gasteiger partial charge in [-0.2, -0.15) is 0 Å². The van der Waals surface area contributed by atoms with E-state index < -0.39 is 0 Å². The van der Waals surface area contributed by atoms with Crippen LogP contribution in [0.25, 0.3) is 0 Å². The van der Waals surface area contributed by atoms with Gasteiger partial charge in [0, 0.05) is 44.1 Å². The van der Waals surface area contributed by atoms with Crippen LogP contribution in [0.3, 0.4) is 0 Å². The Bertz CT molecular complexity index is 855. The number of amides is 2. The first-order chi connectivity index (χ1) is 13.6. The lowest BCUT2D eigenvalue weighted by molar-refractivity contribution is -0.125. The van der Waals surface area contributed by atoms with Crippen LogP contribution in [0.5, 0.6) is 0 Å². The van der Waals surface area contributed by atoms with Gasteiger partial charge in [-0.05, 0) is 43.5 Å². The predicted molar refractivity (Wildman–Crippen MR) is 108 cm³/mol. The number of nitrogens with zero attached hydrogens (tertiary/aromatic N) is 3. The number of anilines is 1. The summed E-state index contributed by atoms with van der Waals surface area (Å²) in [6.45, 7) is 4.55. The highest BCUT2D eigenvalue weighted by Gasteiger charge is 2.38. The number of carbonyl (C=O) groups is 2. The van der Waals surface area contributed by atoms with E-state index in [2.05, 4.69) is 27.3 Å². The van der Waals surface area contributed by atoms with E-state index in [9.17, 15) is 9.59 Å². The summed E-state index contributed by atoms with van der Waals surface area (Å²) in [5.74, 6) is -0.0571. The summed E-state index contributed by atoms with van der Waals surface area (Å²) in [4.78, 5) is 34.2. The number of aromatic nitrogens is 1. The maximum atomic E-state index is 13.0. The average Bonchev–Trinajstić information content (AvgIpc) is 3.03. The predicted octanol–water partition coefficient (Wildman–Crippen LogP) is 2.25. The lowest BCUT2D eigenvalue weighted by Crippen LogP contribution is -2.43. The van der Waals surface area contributed by atoms with E-state index in [1.807, 2.05) is 42.2 Å². The lowest BCUT2D eigenvalue weighted by atomic mass is 9.92. The second-order valence-corrected chi connectivity index (χ2v) is 7.53. The largest absolute Gasteiger partial charge is 0.366 e. The highest BCUT2D eigenvalue weighted by Crippen LogP contribution is 2.29. The molecule has 2 aliphatic heterocycles. The van der Waals surface area contributed by atoms with Crippen LogP contribution < -0.4 is 10.2 Å². The summed E-state index contributed by atoms with van der Waals surface area (Å²) >= 11 is 0. The molecule has 1 N–H and O–H groups in total. The van der Waals surface area contributed by atoms with E-state index in [0.29, 0.717) is 31.7 Å². The highest BCUT2D eigenvalue weighted by molar-refractivity contribution is 5.93. The van der Waals surface area contributed by atoms with Crippen molar-refractivity contribution in [3.05, 3.63) is 59.9 Å². The fraction of sp³-hybridized carbons (Fsp3) is 0.409. The van der Waals surface area contributed by atoms with Gasteiger partial charge >= 0.3 is 0 Å². The zero-order chi connectivity index (χ0) is 19.5. The molecule has 3 heterocycles. The number of hydrogen-bond donors (Lipinski definition) is 1. The molecule has 1 aromatic heterocycles. The van der Waals surface area contributed by atoms with Crippen LogP contribution in [0.1, 0.15) is 28.9 Å². The molecule has 2 amide bonds. The SMILES string of the molecule is Cc1cccnc1C(=O)N1CC[C@H]2C(=O)NCCN(c3ccccc3)[C@H]2CC1. The van der Waals surface area contributed by atoms with Gasteiger partial charge in [0.15, 0.2) is 0 Å². The Hall–Kier alpha value is -2.89. The Morgan fingerprint density at radius 3 is 2.64 bits per heavy atom. The minimum atomic E-state index is -0.120. The number of para-hydroxylation sites is 1. The van der Waals surface area contributed by atoms with E-state index in [1.165, 1.54) is 0 Å². The maximum Gasteiger partial charge on any atom is 0.272 e. The summed E-state index contributed by atoms with van der Waals surface area (Å²) in [7, 11) is 0. The first-order valence-corrected chi connectivity index (χ1v) is 9.95. The molecule has 0 saturated carbocycles. The number of likely N-dealkylation sites (tertiary alicyclic amines) is 1. The van der Waals surface area contributed by atoms with Gasteiger partial charge in [0.25, 0.3) is 5.91 Å². The van der Waals surface area contributed by atoms with Crippen molar-refractivity contribution in [1.82, 2.24) is 15.2 Å². The smallest absolute Gasteiger partial charge is 0.272 e. The molecule has 2 fully saturated rings. The standard InChI is InChI=1S/C22H26N4O2/c1-16-6-5-11-23-20(16)22(28)25-13-9-18-19(10-14-25)26(15-12-24-21(18)27)17-7-3-2-4-8-17/h2-8,11,18-19H,9-10,12-15H2,1H3,(H,24,27)/t18-,19+/m1/s1. The van der Waals surface area contributed by atoms with Crippen LogP contribution >= 0.6 is 0 Å². The van der Waals surface area contributed by atoms with Gasteiger partial charge in [-0.3, -0.25) is 14.6 Å². The zero-order valence-corrected chi connectivity index (χ0v) is 16.2. The fourth-order valence-electron chi connectivity index (χ4n) is 4.37. The van der Waals surface area contributed by atoms with Crippen molar-refractivity contribution in [2.75, 3.05) is 31.1 Å². The molecule has 0 spiro atoms. The van der Waals surface area contributed by atoms with Gasteiger partial charge in [-0.25, -0.2) is 0 Å². The normalized spacial score (nSPS) is 22.7. The van der Waals surface area contributed by atoms with E-state index >= 15 is 0 Å². The third kappa shape index (κ3) is 3.59. The molecule has 2 saturated heterocycles. The first kappa shape index (κ1) is 18.5. The summed E-state index contributed by atoms with van der Waals surface area (Å²) < 4.78 is 0. The summed E-state index contributed by atoms with van der Waals surface area (Å²) in [5.41, 5.74) is 2.53. The van der Waals surface area contributed by atoms with Crippen molar-refractivity contribution in [2.45, 2.75) is 25.8 Å². The number of pyridine rings is 1. The second kappa shape index (κ2) is 8.00. The third-order valence-corrected chi connectivity index (χ3v) is 5.85. The topological polar surface area (TPSA) is 65.5 Å². The first-order valence-electron chi connectivity index (χ1n) is 9.95. The van der Waals surface area contributed by atoms with Gasteiger partial charge in [-0.1, -0.05) is 24.3 Å². The van der Waals surface area contributed by atoms with Crippen molar-refractivity contribution in [3.8, 4) is 0 Å². The molecule has 4 rings (SSSR count). The number of nitrogens with one attached hydrogen (secondary N) is 1. The molecule has 0 aliphatic carbocycles. The highest BCUT2D eigenvalue weighted by atomic mass is 16.2. The number of carbonyl (C=O) groups excluding carboxylic acids is 2. The third-order valence-electron chi connectivity index (χ3n) is 5.85. The fourth-order valence-corrected chi connectivity index (χ4v) is 4.37. The van der Waals surface area contributed by atoms with Crippen molar-refractivity contribution >= 4 is 17.5 Å². The van der Waals surface area contributed by atoms with Crippen molar-refractivity contribution < 1.29 is 9.59 Å². The van der Waals surface area contributed by atoms with Crippen LogP contribution in [0, 0.1) is 12.8 Å². The van der Waals surface area contributed by atoms with Crippen molar-refractivity contribution in [2.24, 2.45) is 5.92 Å². The molecule has 146 valence electrons. The quantitative estimate of drug-likeness (QED) is 0.871. The molecule has 0 unspecified atom stereocenters. The van der Waals surface area contributed by atoms with Gasteiger partial charge in [-0.15, -0.1) is 0 Å². The number of aryl methyl sites for hydroxylation is 1. The van der Waals surface area contributed by atoms with Crippen LogP contribution in [0.2, 0.25) is 0 Å². The molecule has 28 heavy (non-hydrogen) atoms. The number of rotatable bonds is 2. The molecule has 0 bridgehead atoms. The lowest BCUT2D eigenvalue weighted by Gasteiger charge is -2.34. The van der Waals surface area contributed by atoms with Crippen LogP contribution in [0.4, 0.5) is 5.69 Å². The van der Waals surface area contributed by atoms with Gasteiger partial charge in [0.1, 0.15) is 5.69 Å². The Kier molecular flexibility index (Phi) is 5.28. The summed E-state index contributed by atoms with van der Waals surface area (Å²) in [6.07, 6.45) is 3.09. The maximum absolute atomic E-state index is 13.0. The van der Waals surface area contributed by atoms with Crippen molar-refractivity contribution in [3.63, 3.8) is 0 Å². The van der Waals surface area contributed by atoms with E-state index in [1.54, 1.807) is 6.20 Å². The van der Waals surface area contributed by atoms with Crippen LogP contribution in [-0.4, -0.2) is 53.9 Å². The molecular formula is C22H26N4O2. The van der Waals surface area contributed by atoms with E-state index in [4.69, 9.17) is 0 Å². The molecule has 2 aromatic rings. The minimum Gasteiger partial charge on any atom is -0.366 e. The molecule has 2 atom stereocenters. The summed E-state index contributed by atoms with van der Waals surface area (Å²) in [5, 5.41) is 3.06. The molecular weight excluding hydrogens is 352 g/mol. The average molecular weight is 378 g/mol. The van der Waals surface area contributed by atoms with Gasteiger partial charge in [0.05, 0.1) is 5.92 Å². The Balaban J connectivity index is 1.58. The van der Waals surface area contributed by atoms with Gasteiger partial charge in [0.2, 0.25) is 5.91 Å². The zero-order valence-electron chi connectivity index (χ0n) is 16.2. The minimum absolute atomic E-state index is 0.0405. The molecule has 6 nitrogen and oxygen atoms in total. The van der Waals surface area contributed by atoms with Crippen LogP contribution in [0.15, 0.2) is 48.7 Å². The number of fused-ring (bicyclic) bond motifs is 1. The number of hydrogen-bond acceptors (Lipinski definition) is 4. The second-order valence-electron chi connectivity index (χ2n) is 7.53.